The first-order valence-electron chi connectivity index (χ1n) is 23.1. The molecular weight excluding hydrogens is 685 g/mol. The highest BCUT2D eigenvalue weighted by molar-refractivity contribution is 5.70. The Bertz CT molecular complexity index is 905. The topological polar surface area (TPSA) is 68.3 Å². The fourth-order valence-corrected chi connectivity index (χ4v) is 6.64. The van der Waals surface area contributed by atoms with Gasteiger partial charge < -0.3 is 19.1 Å². The molecule has 0 radical (unpaired) electrons. The number of carbonyl (C=O) groups excluding carboxylic acids is 2. The Labute approximate surface area is 339 Å². The molecule has 0 unspecified atom stereocenters. The monoisotopic (exact) mass is 771 g/mol. The lowest BCUT2D eigenvalue weighted by atomic mass is 10.1. The Balaban J connectivity index is 2.11. The predicted octanol–water partition coefficient (Wildman–Crippen LogP) is 12.1. The van der Waals surface area contributed by atoms with Gasteiger partial charge in [-0.25, -0.2) is 0 Å². The van der Waals surface area contributed by atoms with E-state index < -0.39 is 0 Å². The molecule has 7 heteroatoms. The maximum atomic E-state index is 12.6. The number of carbonyl (C=O) groups is 2. The fourth-order valence-electron chi connectivity index (χ4n) is 6.64. The first-order valence-corrected chi connectivity index (χ1v) is 23.1. The molecule has 55 heavy (non-hydrogen) atoms. The van der Waals surface area contributed by atoms with Gasteiger partial charge in [0.15, 0.2) is 0 Å². The summed E-state index contributed by atoms with van der Waals surface area (Å²) in [5.74, 6) is -0.280. The molecule has 0 saturated carbocycles. The standard InChI is InChI=1S/C48H86N2O5/c1-3-5-7-9-11-13-15-17-19-21-23-25-27-29-31-33-43-54-47(51)35-37-49(39-40-50-41-45-53-46-42-50)38-36-48(52)55-44-34-32-30-28-26-24-22-20-18-16-14-12-10-8-6-4-2/h11-14,17-20H,3-10,15-16,21-46H2,1-2H3/b13-11-,14-12-,19-17-,20-18-. The van der Waals surface area contributed by atoms with Crippen molar-refractivity contribution in [3.8, 4) is 0 Å². The van der Waals surface area contributed by atoms with Crippen LogP contribution >= 0.6 is 0 Å². The summed E-state index contributed by atoms with van der Waals surface area (Å²) >= 11 is 0. The minimum Gasteiger partial charge on any atom is -0.466 e. The molecule has 0 aromatic rings. The van der Waals surface area contributed by atoms with Gasteiger partial charge in [-0.05, 0) is 77.0 Å². The minimum atomic E-state index is -0.140. The van der Waals surface area contributed by atoms with Gasteiger partial charge in [0.1, 0.15) is 0 Å². The summed E-state index contributed by atoms with van der Waals surface area (Å²) in [5, 5.41) is 0. The largest absolute Gasteiger partial charge is 0.466 e. The van der Waals surface area contributed by atoms with Crippen LogP contribution in [0.15, 0.2) is 48.6 Å². The number of rotatable bonds is 39. The van der Waals surface area contributed by atoms with Gasteiger partial charge in [0.25, 0.3) is 0 Å². The van der Waals surface area contributed by atoms with Crippen LogP contribution in [-0.2, 0) is 23.8 Å². The Hall–Kier alpha value is -2.22. The van der Waals surface area contributed by atoms with E-state index in [1.165, 1.54) is 116 Å². The van der Waals surface area contributed by atoms with E-state index >= 15 is 0 Å². The van der Waals surface area contributed by atoms with Crippen LogP contribution in [0.3, 0.4) is 0 Å². The van der Waals surface area contributed by atoms with Crippen LogP contribution in [0.5, 0.6) is 0 Å². The highest BCUT2D eigenvalue weighted by Gasteiger charge is 2.16. The minimum absolute atomic E-state index is 0.140. The van der Waals surface area contributed by atoms with Crippen LogP contribution in [0.1, 0.15) is 181 Å². The lowest BCUT2D eigenvalue weighted by Crippen LogP contribution is -2.42. The average molecular weight is 771 g/mol. The fraction of sp³-hybridized carbons (Fsp3) is 0.792. The third-order valence-electron chi connectivity index (χ3n) is 10.3. The maximum Gasteiger partial charge on any atom is 0.307 e. The molecule has 1 aliphatic rings. The van der Waals surface area contributed by atoms with Crippen LogP contribution in [0.25, 0.3) is 0 Å². The summed E-state index contributed by atoms with van der Waals surface area (Å²) in [6.45, 7) is 11.8. The number of hydrogen-bond acceptors (Lipinski definition) is 7. The van der Waals surface area contributed by atoms with Crippen molar-refractivity contribution < 1.29 is 23.8 Å². The van der Waals surface area contributed by atoms with E-state index in [1.807, 2.05) is 0 Å². The third-order valence-corrected chi connectivity index (χ3v) is 10.3. The molecule has 7 nitrogen and oxygen atoms in total. The van der Waals surface area contributed by atoms with Gasteiger partial charge >= 0.3 is 11.9 Å². The summed E-state index contributed by atoms with van der Waals surface area (Å²) in [7, 11) is 0. The Morgan fingerprint density at radius 2 is 0.891 bits per heavy atom. The quantitative estimate of drug-likeness (QED) is 0.0350. The normalized spacial score (nSPS) is 14.1. The van der Waals surface area contributed by atoms with Gasteiger partial charge in [0.05, 0.1) is 39.3 Å². The number of allylic oxidation sites excluding steroid dienone is 8. The van der Waals surface area contributed by atoms with E-state index in [2.05, 4.69) is 72.3 Å². The van der Waals surface area contributed by atoms with Gasteiger partial charge in [-0.15, -0.1) is 0 Å². The van der Waals surface area contributed by atoms with Gasteiger partial charge in [-0.2, -0.15) is 0 Å². The van der Waals surface area contributed by atoms with Crippen LogP contribution < -0.4 is 0 Å². The Morgan fingerprint density at radius 1 is 0.509 bits per heavy atom. The summed E-state index contributed by atoms with van der Waals surface area (Å²) in [4.78, 5) is 29.7. The lowest BCUT2D eigenvalue weighted by Gasteiger charge is -2.29. The molecule has 1 heterocycles. The van der Waals surface area contributed by atoms with Crippen molar-refractivity contribution in [2.24, 2.45) is 0 Å². The predicted molar refractivity (Wildman–Crippen MR) is 234 cm³/mol. The summed E-state index contributed by atoms with van der Waals surface area (Å²) < 4.78 is 16.6. The first-order chi connectivity index (χ1) is 27.2. The Morgan fingerprint density at radius 3 is 1.31 bits per heavy atom. The van der Waals surface area contributed by atoms with Gasteiger partial charge in [0.2, 0.25) is 0 Å². The molecular formula is C48H86N2O5. The van der Waals surface area contributed by atoms with E-state index in [9.17, 15) is 9.59 Å². The molecule has 1 saturated heterocycles. The number of unbranched alkanes of at least 4 members (excludes halogenated alkanes) is 18. The van der Waals surface area contributed by atoms with E-state index in [-0.39, 0.29) is 11.9 Å². The molecule has 1 aliphatic heterocycles. The van der Waals surface area contributed by atoms with Gasteiger partial charge in [-0.1, -0.05) is 140 Å². The number of ether oxygens (including phenoxy) is 3. The van der Waals surface area contributed by atoms with Crippen LogP contribution in [0.4, 0.5) is 0 Å². The number of hydrogen-bond donors (Lipinski definition) is 0. The van der Waals surface area contributed by atoms with Crippen molar-refractivity contribution in [2.45, 2.75) is 181 Å². The van der Waals surface area contributed by atoms with Crippen LogP contribution in [0, 0.1) is 0 Å². The van der Waals surface area contributed by atoms with E-state index in [4.69, 9.17) is 14.2 Å². The molecule has 0 spiro atoms. The highest BCUT2D eigenvalue weighted by atomic mass is 16.5. The molecule has 0 N–H and O–H groups in total. The summed E-state index contributed by atoms with van der Waals surface area (Å²) in [6.07, 6.45) is 47.9. The van der Waals surface area contributed by atoms with Gasteiger partial charge in [-0.3, -0.25) is 14.5 Å². The number of nitrogens with zero attached hydrogens (tertiary/aromatic N) is 2. The zero-order valence-electron chi connectivity index (χ0n) is 36.0. The van der Waals surface area contributed by atoms with E-state index in [1.54, 1.807) is 0 Å². The average Bonchev–Trinajstić information content (AvgIpc) is 3.20. The van der Waals surface area contributed by atoms with Crippen molar-refractivity contribution in [2.75, 3.05) is 65.7 Å². The Kier molecular flexibility index (Phi) is 38.3. The van der Waals surface area contributed by atoms with Crippen molar-refractivity contribution in [1.29, 1.82) is 0 Å². The molecule has 1 fully saturated rings. The van der Waals surface area contributed by atoms with Crippen molar-refractivity contribution in [1.82, 2.24) is 9.80 Å². The molecule has 0 aromatic heterocycles. The SMILES string of the molecule is CCCCC/C=C\C/C=C\CCCCCCCCOC(=O)CCN(CCC(=O)OCCCCCCCC/C=C\C/C=C\CCCCC)CCN1CCOCC1. The second kappa shape index (κ2) is 41.4. The summed E-state index contributed by atoms with van der Waals surface area (Å²) in [5.41, 5.74) is 0. The number of morpholine rings is 1. The van der Waals surface area contributed by atoms with E-state index in [0.29, 0.717) is 39.1 Å². The lowest BCUT2D eigenvalue weighted by molar-refractivity contribution is -0.144. The molecule has 1 rings (SSSR count). The smallest absolute Gasteiger partial charge is 0.307 e. The van der Waals surface area contributed by atoms with Crippen LogP contribution in [-0.4, -0.2) is 87.4 Å². The molecule has 0 aromatic carbocycles. The molecule has 318 valence electrons. The third kappa shape index (κ3) is 37.1. The summed E-state index contributed by atoms with van der Waals surface area (Å²) in [6, 6.07) is 0. The molecule has 0 aliphatic carbocycles. The zero-order valence-corrected chi connectivity index (χ0v) is 36.0. The molecule has 0 bridgehead atoms. The van der Waals surface area contributed by atoms with Gasteiger partial charge in [0, 0.05) is 39.3 Å². The highest BCUT2D eigenvalue weighted by Crippen LogP contribution is 2.11. The van der Waals surface area contributed by atoms with Crippen molar-refractivity contribution in [3.63, 3.8) is 0 Å². The second-order valence-corrected chi connectivity index (χ2v) is 15.4. The maximum absolute atomic E-state index is 12.6. The zero-order chi connectivity index (χ0) is 39.5. The van der Waals surface area contributed by atoms with Crippen LogP contribution in [0.2, 0.25) is 0 Å². The molecule has 0 amide bonds. The molecule has 0 atom stereocenters. The van der Waals surface area contributed by atoms with E-state index in [0.717, 1.165) is 77.9 Å². The first kappa shape index (κ1) is 50.8. The van der Waals surface area contributed by atoms with Crippen molar-refractivity contribution in [3.05, 3.63) is 48.6 Å². The second-order valence-electron chi connectivity index (χ2n) is 15.4. The number of esters is 2. The van der Waals surface area contributed by atoms with Crippen molar-refractivity contribution >= 4 is 11.9 Å².